The Morgan fingerprint density at radius 2 is 1.80 bits per heavy atom. The van der Waals surface area contributed by atoms with Crippen molar-refractivity contribution in [3.63, 3.8) is 0 Å². The van der Waals surface area contributed by atoms with E-state index in [-0.39, 0.29) is 0 Å². The molecule has 0 unspecified atom stereocenters. The van der Waals surface area contributed by atoms with Crippen LogP contribution in [0.25, 0.3) is 0 Å². The summed E-state index contributed by atoms with van der Waals surface area (Å²) in [5, 5.41) is 0. The third-order valence-corrected chi connectivity index (χ3v) is 4.04. The van der Waals surface area contributed by atoms with Crippen LogP contribution in [-0.4, -0.2) is 21.7 Å². The number of hydrogen-bond donors (Lipinski definition) is 1. The maximum Gasteiger partial charge on any atom is 0.232 e. The average molecular weight is 226 g/mol. The highest BCUT2D eigenvalue weighted by molar-refractivity contribution is 7.92. The van der Waals surface area contributed by atoms with Crippen LogP contribution in [0.3, 0.4) is 0 Å². The Bertz CT molecular complexity index is 508. The molecule has 4 nitrogen and oxygen atoms in total. The van der Waals surface area contributed by atoms with Crippen molar-refractivity contribution in [1.29, 1.82) is 0 Å². The van der Waals surface area contributed by atoms with Gasteiger partial charge in [-0.1, -0.05) is 0 Å². The number of fused-ring (bicyclic) bond motifs is 1. The number of anilines is 2. The minimum atomic E-state index is -3.23. The Kier molecular flexibility index (Phi) is 2.15. The first kappa shape index (κ1) is 10.3. The van der Waals surface area contributed by atoms with E-state index in [9.17, 15) is 8.42 Å². The number of nitrogens with zero attached hydrogens (tertiary/aromatic N) is 1. The van der Waals surface area contributed by atoms with Gasteiger partial charge in [-0.15, -0.1) is 0 Å². The molecular weight excluding hydrogens is 212 g/mol. The Morgan fingerprint density at radius 1 is 1.27 bits per heavy atom. The van der Waals surface area contributed by atoms with E-state index >= 15 is 0 Å². The molecule has 1 aromatic carbocycles. The predicted molar refractivity (Wildman–Crippen MR) is 61.5 cm³/mol. The quantitative estimate of drug-likeness (QED) is 0.757. The molecule has 5 heteroatoms. The summed E-state index contributed by atoms with van der Waals surface area (Å²) in [6, 6.07) is 3.74. The van der Waals surface area contributed by atoms with E-state index in [0.29, 0.717) is 11.4 Å². The molecule has 2 N–H and O–H groups in total. The van der Waals surface area contributed by atoms with Crippen LogP contribution in [-0.2, 0) is 22.9 Å². The summed E-state index contributed by atoms with van der Waals surface area (Å²) >= 11 is 0. The topological polar surface area (TPSA) is 63.4 Å². The second-order valence-electron chi connectivity index (χ2n) is 3.91. The summed E-state index contributed by atoms with van der Waals surface area (Å²) in [5.41, 5.74) is 9.36. The van der Waals surface area contributed by atoms with Gasteiger partial charge in [0.2, 0.25) is 10.0 Å². The van der Waals surface area contributed by atoms with Gasteiger partial charge in [0.15, 0.2) is 0 Å². The fourth-order valence-electron chi connectivity index (χ4n) is 1.70. The van der Waals surface area contributed by atoms with Gasteiger partial charge in [0, 0.05) is 7.05 Å². The van der Waals surface area contributed by atoms with E-state index in [1.807, 2.05) is 12.1 Å². The van der Waals surface area contributed by atoms with Gasteiger partial charge < -0.3 is 5.73 Å². The lowest BCUT2D eigenvalue weighted by atomic mass is 9.87. The van der Waals surface area contributed by atoms with Crippen molar-refractivity contribution in [2.75, 3.05) is 23.3 Å². The molecular formula is C10H14N2O2S. The lowest BCUT2D eigenvalue weighted by molar-refractivity contribution is 0.600. The molecule has 82 valence electrons. The normalized spacial score (nSPS) is 14.3. The van der Waals surface area contributed by atoms with Gasteiger partial charge in [0.25, 0.3) is 0 Å². The molecule has 1 aliphatic rings. The summed E-state index contributed by atoms with van der Waals surface area (Å²) in [4.78, 5) is 0. The van der Waals surface area contributed by atoms with Crippen molar-refractivity contribution in [3.05, 3.63) is 23.3 Å². The maximum absolute atomic E-state index is 11.4. The Hall–Kier alpha value is -1.23. The van der Waals surface area contributed by atoms with Gasteiger partial charge in [-0.2, -0.15) is 0 Å². The van der Waals surface area contributed by atoms with Crippen LogP contribution in [0, 0.1) is 0 Å². The molecule has 0 heterocycles. The molecule has 15 heavy (non-hydrogen) atoms. The average Bonchev–Trinajstić information content (AvgIpc) is 2.09. The number of sulfonamides is 1. The fraction of sp³-hybridized carbons (Fsp3) is 0.400. The van der Waals surface area contributed by atoms with E-state index in [1.54, 1.807) is 0 Å². The number of benzene rings is 1. The lowest BCUT2D eigenvalue weighted by Crippen LogP contribution is -2.26. The van der Waals surface area contributed by atoms with Gasteiger partial charge >= 0.3 is 0 Å². The number of hydrogen-bond acceptors (Lipinski definition) is 3. The van der Waals surface area contributed by atoms with Crippen molar-refractivity contribution in [3.8, 4) is 0 Å². The fourth-order valence-corrected chi connectivity index (χ4v) is 2.22. The van der Waals surface area contributed by atoms with Gasteiger partial charge in [-0.3, -0.25) is 4.31 Å². The molecule has 0 atom stereocenters. The van der Waals surface area contributed by atoms with Crippen molar-refractivity contribution < 1.29 is 8.42 Å². The zero-order valence-corrected chi connectivity index (χ0v) is 9.63. The SMILES string of the molecule is CN(c1cc2c(cc1N)CC2)S(C)(=O)=O. The monoisotopic (exact) mass is 226 g/mol. The summed E-state index contributed by atoms with van der Waals surface area (Å²) in [6.07, 6.45) is 3.23. The minimum Gasteiger partial charge on any atom is -0.397 e. The van der Waals surface area contributed by atoms with Gasteiger partial charge in [-0.05, 0) is 36.1 Å². The van der Waals surface area contributed by atoms with E-state index < -0.39 is 10.0 Å². The molecule has 0 radical (unpaired) electrons. The molecule has 0 aliphatic heterocycles. The van der Waals surface area contributed by atoms with Gasteiger partial charge in [-0.25, -0.2) is 8.42 Å². The van der Waals surface area contributed by atoms with Crippen LogP contribution >= 0.6 is 0 Å². The highest BCUT2D eigenvalue weighted by Crippen LogP contribution is 2.33. The van der Waals surface area contributed by atoms with E-state index in [4.69, 9.17) is 5.73 Å². The van der Waals surface area contributed by atoms with Gasteiger partial charge in [0.1, 0.15) is 0 Å². The Balaban J connectivity index is 2.49. The van der Waals surface area contributed by atoms with Crippen molar-refractivity contribution in [1.82, 2.24) is 0 Å². The molecule has 0 spiro atoms. The standard InChI is InChI=1S/C10H14N2O2S/c1-12(15(2,13)14)10-6-8-4-3-7(8)5-9(10)11/h5-6H,3-4,11H2,1-2H3. The number of aryl methyl sites for hydroxylation is 2. The molecule has 1 aromatic rings. The highest BCUT2D eigenvalue weighted by atomic mass is 32.2. The van der Waals surface area contributed by atoms with Crippen LogP contribution in [0.5, 0.6) is 0 Å². The molecule has 2 rings (SSSR count). The van der Waals surface area contributed by atoms with Crippen LogP contribution in [0.4, 0.5) is 11.4 Å². The molecule has 0 saturated heterocycles. The van der Waals surface area contributed by atoms with Crippen LogP contribution in [0.1, 0.15) is 11.1 Å². The summed E-state index contributed by atoms with van der Waals surface area (Å²) in [7, 11) is -1.71. The second kappa shape index (κ2) is 3.13. The number of rotatable bonds is 2. The first-order valence-electron chi connectivity index (χ1n) is 4.75. The zero-order valence-electron chi connectivity index (χ0n) is 8.82. The van der Waals surface area contributed by atoms with Gasteiger partial charge in [0.05, 0.1) is 17.6 Å². The maximum atomic E-state index is 11.4. The largest absolute Gasteiger partial charge is 0.397 e. The van der Waals surface area contributed by atoms with Crippen molar-refractivity contribution in [2.24, 2.45) is 0 Å². The minimum absolute atomic E-state index is 0.529. The first-order chi connectivity index (χ1) is 6.89. The molecule has 0 aromatic heterocycles. The Labute approximate surface area is 89.7 Å². The van der Waals surface area contributed by atoms with Crippen molar-refractivity contribution >= 4 is 21.4 Å². The van der Waals surface area contributed by atoms with E-state index in [2.05, 4.69) is 0 Å². The summed E-state index contributed by atoms with van der Waals surface area (Å²) in [5.74, 6) is 0. The zero-order chi connectivity index (χ0) is 11.2. The molecule has 0 bridgehead atoms. The molecule has 1 aliphatic carbocycles. The van der Waals surface area contributed by atoms with Crippen molar-refractivity contribution in [2.45, 2.75) is 12.8 Å². The third kappa shape index (κ3) is 1.67. The smallest absolute Gasteiger partial charge is 0.232 e. The number of nitrogen functional groups attached to an aromatic ring is 1. The first-order valence-corrected chi connectivity index (χ1v) is 6.59. The molecule has 0 fully saturated rings. The van der Waals surface area contributed by atoms with Crippen LogP contribution in [0.15, 0.2) is 12.1 Å². The lowest BCUT2D eigenvalue weighted by Gasteiger charge is -2.25. The number of nitrogens with two attached hydrogens (primary N) is 1. The molecule has 0 amide bonds. The Morgan fingerprint density at radius 3 is 2.27 bits per heavy atom. The second-order valence-corrected chi connectivity index (χ2v) is 5.92. The highest BCUT2D eigenvalue weighted by Gasteiger charge is 2.20. The van der Waals surface area contributed by atoms with E-state index in [1.165, 1.54) is 28.7 Å². The third-order valence-electron chi connectivity index (χ3n) is 2.85. The van der Waals surface area contributed by atoms with Crippen LogP contribution in [0.2, 0.25) is 0 Å². The summed E-state index contributed by atoms with van der Waals surface area (Å²) in [6.45, 7) is 0. The van der Waals surface area contributed by atoms with E-state index in [0.717, 1.165) is 12.8 Å². The summed E-state index contributed by atoms with van der Waals surface area (Å²) < 4.78 is 24.0. The predicted octanol–water partition coefficient (Wildman–Crippen LogP) is 0.763. The molecule has 0 saturated carbocycles. The van der Waals surface area contributed by atoms with Crippen LogP contribution < -0.4 is 10.0 Å².